The predicted molar refractivity (Wildman–Crippen MR) is 111 cm³/mol. The molecule has 0 spiro atoms. The van der Waals surface area contributed by atoms with E-state index in [0.29, 0.717) is 17.9 Å². The summed E-state index contributed by atoms with van der Waals surface area (Å²) in [5.41, 5.74) is 1.78. The van der Waals surface area contributed by atoms with E-state index in [-0.39, 0.29) is 12.5 Å². The van der Waals surface area contributed by atoms with Gasteiger partial charge in [-0.05, 0) is 42.7 Å². The van der Waals surface area contributed by atoms with E-state index in [1.54, 1.807) is 31.2 Å². The number of ether oxygens (including phenoxy) is 2. The maximum absolute atomic E-state index is 12.6. The summed E-state index contributed by atoms with van der Waals surface area (Å²) in [5, 5.41) is 2.65. The molecule has 29 heavy (non-hydrogen) atoms. The van der Waals surface area contributed by atoms with Crippen molar-refractivity contribution in [1.82, 2.24) is 0 Å². The Balaban J connectivity index is 1.93. The van der Waals surface area contributed by atoms with Gasteiger partial charge in [-0.25, -0.2) is 4.79 Å². The number of amides is 1. The molecule has 2 aromatic rings. The van der Waals surface area contributed by atoms with Gasteiger partial charge in [0.05, 0.1) is 18.1 Å². The van der Waals surface area contributed by atoms with Gasteiger partial charge in [0, 0.05) is 5.69 Å². The Morgan fingerprint density at radius 3 is 2.17 bits per heavy atom. The van der Waals surface area contributed by atoms with Crippen molar-refractivity contribution in [3.63, 3.8) is 0 Å². The fourth-order valence-corrected chi connectivity index (χ4v) is 2.92. The fourth-order valence-electron chi connectivity index (χ4n) is 2.92. The van der Waals surface area contributed by atoms with E-state index in [0.717, 1.165) is 12.0 Å². The highest BCUT2D eigenvalue weighted by molar-refractivity contribution is 5.94. The highest BCUT2D eigenvalue weighted by Crippen LogP contribution is 2.28. The number of carbonyl (C=O) groups is 3. The first-order chi connectivity index (χ1) is 14.0. The summed E-state index contributed by atoms with van der Waals surface area (Å²) in [4.78, 5) is 36.4. The first-order valence-electron chi connectivity index (χ1n) is 9.74. The van der Waals surface area contributed by atoms with E-state index in [9.17, 15) is 14.4 Å². The molecule has 6 nitrogen and oxygen atoms in total. The Morgan fingerprint density at radius 1 is 0.931 bits per heavy atom. The van der Waals surface area contributed by atoms with Crippen molar-refractivity contribution in [2.75, 3.05) is 18.5 Å². The number of nitrogens with one attached hydrogen (secondary N) is 1. The molecule has 2 atom stereocenters. The highest BCUT2D eigenvalue weighted by Gasteiger charge is 2.27. The second kappa shape index (κ2) is 11.0. The maximum Gasteiger partial charge on any atom is 0.338 e. The molecule has 0 aliphatic rings. The van der Waals surface area contributed by atoms with Gasteiger partial charge in [-0.3, -0.25) is 9.59 Å². The van der Waals surface area contributed by atoms with Crippen molar-refractivity contribution in [3.05, 3.63) is 65.7 Å². The van der Waals surface area contributed by atoms with Crippen LogP contribution in [-0.4, -0.2) is 31.1 Å². The number of esters is 2. The number of anilines is 1. The smallest absolute Gasteiger partial charge is 0.338 e. The van der Waals surface area contributed by atoms with Crippen LogP contribution in [0, 0.1) is 5.92 Å². The molecule has 6 heteroatoms. The van der Waals surface area contributed by atoms with Crippen LogP contribution in [0.5, 0.6) is 0 Å². The van der Waals surface area contributed by atoms with Crippen molar-refractivity contribution >= 4 is 23.5 Å². The van der Waals surface area contributed by atoms with Gasteiger partial charge in [-0.15, -0.1) is 0 Å². The lowest BCUT2D eigenvalue weighted by Gasteiger charge is -2.21. The minimum absolute atomic E-state index is 0.0865. The molecule has 0 fully saturated rings. The number of hydrogen-bond donors (Lipinski definition) is 1. The van der Waals surface area contributed by atoms with Crippen LogP contribution in [0.2, 0.25) is 0 Å². The lowest BCUT2D eigenvalue weighted by Crippen LogP contribution is -2.26. The first-order valence-corrected chi connectivity index (χ1v) is 9.74. The average Bonchev–Trinajstić information content (AvgIpc) is 2.73. The van der Waals surface area contributed by atoms with Gasteiger partial charge in [-0.1, -0.05) is 50.6 Å². The average molecular weight is 397 g/mol. The standard InChI is InChI=1S/C23H27NO5/c1-4-16(3)21(17-9-7-6-8-10-17)23(27)29-15-20(25)24-19-13-11-18(12-14-19)22(26)28-5-2/h6-14,16,21H,4-5,15H2,1-3H3,(H,24,25). The number of benzene rings is 2. The first kappa shape index (κ1) is 22.1. The van der Waals surface area contributed by atoms with E-state index in [2.05, 4.69) is 5.32 Å². The molecule has 0 radical (unpaired) electrons. The van der Waals surface area contributed by atoms with Gasteiger partial charge >= 0.3 is 11.9 Å². The molecule has 1 amide bonds. The van der Waals surface area contributed by atoms with Crippen molar-refractivity contribution < 1.29 is 23.9 Å². The van der Waals surface area contributed by atoms with Crippen molar-refractivity contribution in [3.8, 4) is 0 Å². The molecule has 2 aromatic carbocycles. The van der Waals surface area contributed by atoms with E-state index in [4.69, 9.17) is 9.47 Å². The summed E-state index contributed by atoms with van der Waals surface area (Å²) in [7, 11) is 0. The molecule has 1 N–H and O–H groups in total. The normalized spacial score (nSPS) is 12.5. The van der Waals surface area contributed by atoms with Crippen LogP contribution in [0.4, 0.5) is 5.69 Å². The fraction of sp³-hybridized carbons (Fsp3) is 0.348. The highest BCUT2D eigenvalue weighted by atomic mass is 16.5. The maximum atomic E-state index is 12.6. The van der Waals surface area contributed by atoms with E-state index >= 15 is 0 Å². The van der Waals surface area contributed by atoms with E-state index in [1.807, 2.05) is 44.2 Å². The largest absolute Gasteiger partial charge is 0.462 e. The molecule has 0 saturated carbocycles. The van der Waals surface area contributed by atoms with Gasteiger partial charge in [0.1, 0.15) is 0 Å². The van der Waals surface area contributed by atoms with Crippen LogP contribution >= 0.6 is 0 Å². The minimum Gasteiger partial charge on any atom is -0.462 e. The lowest BCUT2D eigenvalue weighted by atomic mass is 9.86. The third-order valence-corrected chi connectivity index (χ3v) is 4.65. The van der Waals surface area contributed by atoms with Gasteiger partial charge in [-0.2, -0.15) is 0 Å². The third kappa shape index (κ3) is 6.45. The van der Waals surface area contributed by atoms with Gasteiger partial charge < -0.3 is 14.8 Å². The molecule has 154 valence electrons. The van der Waals surface area contributed by atoms with Crippen LogP contribution < -0.4 is 5.32 Å². The van der Waals surface area contributed by atoms with Gasteiger partial charge in [0.2, 0.25) is 0 Å². The Bertz CT molecular complexity index is 817. The molecule has 0 saturated heterocycles. The Hall–Kier alpha value is -3.15. The van der Waals surface area contributed by atoms with Crippen molar-refractivity contribution in [2.45, 2.75) is 33.1 Å². The summed E-state index contributed by atoms with van der Waals surface area (Å²) >= 11 is 0. The van der Waals surface area contributed by atoms with Crippen LogP contribution in [0.3, 0.4) is 0 Å². The lowest BCUT2D eigenvalue weighted by molar-refractivity contribution is -0.150. The van der Waals surface area contributed by atoms with Crippen LogP contribution in [-0.2, 0) is 19.1 Å². The summed E-state index contributed by atoms with van der Waals surface area (Å²) < 4.78 is 10.2. The topological polar surface area (TPSA) is 81.7 Å². The Morgan fingerprint density at radius 2 is 1.59 bits per heavy atom. The van der Waals surface area contributed by atoms with E-state index < -0.39 is 23.8 Å². The molecule has 0 aliphatic carbocycles. The molecule has 2 unspecified atom stereocenters. The molecule has 0 aliphatic heterocycles. The summed E-state index contributed by atoms with van der Waals surface area (Å²) in [6.07, 6.45) is 0.813. The van der Waals surface area contributed by atoms with Crippen LogP contribution in [0.1, 0.15) is 49.0 Å². The summed E-state index contributed by atoms with van der Waals surface area (Å²) in [5.74, 6) is -1.62. The third-order valence-electron chi connectivity index (χ3n) is 4.65. The number of rotatable bonds is 9. The summed E-state index contributed by atoms with van der Waals surface area (Å²) in [6.45, 7) is 5.66. The molecule has 2 rings (SSSR count). The zero-order chi connectivity index (χ0) is 21.2. The SMILES string of the molecule is CCOC(=O)c1ccc(NC(=O)COC(=O)C(c2ccccc2)C(C)CC)cc1. The molecule has 0 heterocycles. The van der Waals surface area contributed by atoms with Crippen molar-refractivity contribution in [2.24, 2.45) is 5.92 Å². The molecular weight excluding hydrogens is 370 g/mol. The monoisotopic (exact) mass is 397 g/mol. The van der Waals surface area contributed by atoms with Crippen molar-refractivity contribution in [1.29, 1.82) is 0 Å². The molecular formula is C23H27NO5. The van der Waals surface area contributed by atoms with Gasteiger partial charge in [0.25, 0.3) is 5.91 Å². The van der Waals surface area contributed by atoms with Crippen LogP contribution in [0.15, 0.2) is 54.6 Å². The second-order valence-electron chi connectivity index (χ2n) is 6.73. The predicted octanol–water partition coefficient (Wildman–Crippen LogP) is 4.17. The van der Waals surface area contributed by atoms with E-state index in [1.165, 1.54) is 0 Å². The second-order valence-corrected chi connectivity index (χ2v) is 6.73. The van der Waals surface area contributed by atoms with Crippen LogP contribution in [0.25, 0.3) is 0 Å². The Kier molecular flexibility index (Phi) is 8.40. The number of hydrogen-bond acceptors (Lipinski definition) is 5. The number of carbonyl (C=O) groups excluding carboxylic acids is 3. The summed E-state index contributed by atoms with van der Waals surface area (Å²) in [6, 6.07) is 15.8. The van der Waals surface area contributed by atoms with Gasteiger partial charge in [0.15, 0.2) is 6.61 Å². The quantitative estimate of drug-likeness (QED) is 0.642. The molecule has 0 aromatic heterocycles. The Labute approximate surface area is 171 Å². The molecule has 0 bridgehead atoms. The zero-order valence-corrected chi connectivity index (χ0v) is 17.0. The minimum atomic E-state index is -0.446. The zero-order valence-electron chi connectivity index (χ0n) is 17.0.